The zero-order valence-electron chi connectivity index (χ0n) is 13.4. The number of pyridine rings is 1. The van der Waals surface area contributed by atoms with Gasteiger partial charge >= 0.3 is 0 Å². The third kappa shape index (κ3) is 4.33. The van der Waals surface area contributed by atoms with Crippen molar-refractivity contribution in [2.75, 3.05) is 25.6 Å². The average molecular weight is 399 g/mol. The van der Waals surface area contributed by atoms with Gasteiger partial charge in [0.05, 0.1) is 36.1 Å². The molecule has 2 heterocycles. The van der Waals surface area contributed by atoms with Crippen LogP contribution in [0.1, 0.15) is 12.0 Å². The fourth-order valence-electron chi connectivity index (χ4n) is 2.41. The third-order valence-electron chi connectivity index (χ3n) is 3.70. The number of halogens is 2. The highest BCUT2D eigenvalue weighted by atomic mass is 35.5. The van der Waals surface area contributed by atoms with Gasteiger partial charge in [-0.15, -0.1) is 0 Å². The minimum Gasteiger partial charge on any atom is -0.493 e. The van der Waals surface area contributed by atoms with Gasteiger partial charge in [0.15, 0.2) is 11.5 Å². The molecule has 0 bridgehead atoms. The number of hydrogen-bond donors (Lipinski definition) is 1. The SMILES string of the molecule is COc1ccc(C(=S)Nc2c(Cl)cncc2Cl)cc1OC1CCOC1. The zero-order chi connectivity index (χ0) is 17.8. The molecule has 1 aromatic heterocycles. The first-order valence-electron chi connectivity index (χ1n) is 7.61. The van der Waals surface area contributed by atoms with Crippen LogP contribution in [0.4, 0.5) is 5.69 Å². The summed E-state index contributed by atoms with van der Waals surface area (Å²) in [6, 6.07) is 5.48. The zero-order valence-corrected chi connectivity index (χ0v) is 15.7. The Kier molecular flexibility index (Phi) is 5.96. The number of rotatable bonds is 5. The Hall–Kier alpha value is -1.60. The van der Waals surface area contributed by atoms with E-state index in [1.807, 2.05) is 18.2 Å². The van der Waals surface area contributed by atoms with E-state index in [0.717, 1.165) is 12.0 Å². The molecule has 2 aromatic rings. The quantitative estimate of drug-likeness (QED) is 0.755. The summed E-state index contributed by atoms with van der Waals surface area (Å²) in [6.45, 7) is 1.27. The molecule has 1 N–H and O–H groups in total. The number of nitrogens with one attached hydrogen (secondary N) is 1. The smallest absolute Gasteiger partial charge is 0.162 e. The standard InChI is InChI=1S/C17H16Cl2N2O3S/c1-22-14-3-2-10(6-15(14)24-11-4-5-23-9-11)17(25)21-16-12(18)7-20-8-13(16)19/h2-3,6-8,11H,4-5,9H2,1H3,(H,20,21,25). The summed E-state index contributed by atoms with van der Waals surface area (Å²) < 4.78 is 16.7. The molecule has 1 atom stereocenters. The number of nitrogens with zero attached hydrogens (tertiary/aromatic N) is 1. The van der Waals surface area contributed by atoms with Crippen molar-refractivity contribution < 1.29 is 14.2 Å². The Balaban J connectivity index is 1.82. The predicted octanol–water partition coefficient (Wildman–Crippen LogP) is 4.35. The van der Waals surface area contributed by atoms with Crippen molar-refractivity contribution in [1.29, 1.82) is 0 Å². The number of thiocarbonyl (C=S) groups is 1. The molecule has 132 valence electrons. The minimum absolute atomic E-state index is 0.00904. The van der Waals surface area contributed by atoms with Gasteiger partial charge in [0.25, 0.3) is 0 Å². The molecular formula is C17H16Cl2N2O3S. The van der Waals surface area contributed by atoms with Crippen molar-refractivity contribution >= 4 is 46.1 Å². The number of ether oxygens (including phenoxy) is 3. The summed E-state index contributed by atoms with van der Waals surface area (Å²) in [5.74, 6) is 1.25. The molecule has 1 aromatic carbocycles. The van der Waals surface area contributed by atoms with Gasteiger partial charge in [-0.25, -0.2) is 0 Å². The van der Waals surface area contributed by atoms with E-state index in [9.17, 15) is 0 Å². The number of methoxy groups -OCH3 is 1. The van der Waals surface area contributed by atoms with Crippen LogP contribution in [0, 0.1) is 0 Å². The largest absolute Gasteiger partial charge is 0.493 e. The molecular weight excluding hydrogens is 383 g/mol. The predicted molar refractivity (Wildman–Crippen MR) is 102 cm³/mol. The van der Waals surface area contributed by atoms with E-state index in [1.165, 1.54) is 12.4 Å². The molecule has 3 rings (SSSR count). The fourth-order valence-corrected chi connectivity index (χ4v) is 3.10. The molecule has 1 saturated heterocycles. The first-order chi connectivity index (χ1) is 12.1. The second-order valence-corrected chi connectivity index (χ2v) is 6.62. The Bertz CT molecular complexity index is 762. The highest BCUT2D eigenvalue weighted by Crippen LogP contribution is 2.32. The van der Waals surface area contributed by atoms with Crippen LogP contribution in [0.5, 0.6) is 11.5 Å². The normalized spacial score (nSPS) is 16.5. The lowest BCUT2D eigenvalue weighted by Crippen LogP contribution is -2.17. The van der Waals surface area contributed by atoms with Gasteiger partial charge in [0.1, 0.15) is 11.1 Å². The fraction of sp³-hybridized carbons (Fsp3) is 0.294. The van der Waals surface area contributed by atoms with Crippen molar-refractivity contribution in [3.8, 4) is 11.5 Å². The summed E-state index contributed by atoms with van der Waals surface area (Å²) >= 11 is 17.7. The lowest BCUT2D eigenvalue weighted by molar-refractivity contribution is 0.138. The van der Waals surface area contributed by atoms with Crippen molar-refractivity contribution in [1.82, 2.24) is 4.98 Å². The van der Waals surface area contributed by atoms with Gasteiger partial charge in [0, 0.05) is 24.4 Å². The van der Waals surface area contributed by atoms with E-state index in [4.69, 9.17) is 49.6 Å². The number of anilines is 1. The summed E-state index contributed by atoms with van der Waals surface area (Å²) in [5, 5.41) is 3.84. The number of aromatic nitrogens is 1. The van der Waals surface area contributed by atoms with E-state index in [-0.39, 0.29) is 6.10 Å². The summed E-state index contributed by atoms with van der Waals surface area (Å²) in [6.07, 6.45) is 3.86. The molecule has 1 aliphatic rings. The van der Waals surface area contributed by atoms with Gasteiger partial charge in [-0.05, 0) is 18.2 Å². The molecule has 1 fully saturated rings. The molecule has 1 aliphatic heterocycles. The van der Waals surface area contributed by atoms with E-state index in [0.29, 0.717) is 45.4 Å². The maximum atomic E-state index is 6.13. The Labute approximate surface area is 161 Å². The van der Waals surface area contributed by atoms with Crippen molar-refractivity contribution in [2.24, 2.45) is 0 Å². The molecule has 1 unspecified atom stereocenters. The first-order valence-corrected chi connectivity index (χ1v) is 8.77. The van der Waals surface area contributed by atoms with Gasteiger partial charge in [-0.3, -0.25) is 4.98 Å². The van der Waals surface area contributed by atoms with E-state index in [2.05, 4.69) is 10.3 Å². The molecule has 0 saturated carbocycles. The highest BCUT2D eigenvalue weighted by molar-refractivity contribution is 7.81. The number of hydrogen-bond acceptors (Lipinski definition) is 5. The van der Waals surface area contributed by atoms with Gasteiger partial charge < -0.3 is 19.5 Å². The van der Waals surface area contributed by atoms with Crippen molar-refractivity contribution in [3.63, 3.8) is 0 Å². The molecule has 8 heteroatoms. The minimum atomic E-state index is 0.00904. The second kappa shape index (κ2) is 8.19. The Morgan fingerprint density at radius 1 is 1.28 bits per heavy atom. The van der Waals surface area contributed by atoms with Gasteiger partial charge in [-0.1, -0.05) is 35.4 Å². The van der Waals surface area contributed by atoms with E-state index < -0.39 is 0 Å². The van der Waals surface area contributed by atoms with Crippen LogP contribution < -0.4 is 14.8 Å². The van der Waals surface area contributed by atoms with Crippen LogP contribution in [0.15, 0.2) is 30.6 Å². The van der Waals surface area contributed by atoms with Crippen molar-refractivity contribution in [3.05, 3.63) is 46.2 Å². The molecule has 0 amide bonds. The Morgan fingerprint density at radius 2 is 2.04 bits per heavy atom. The molecule has 0 radical (unpaired) electrons. The summed E-state index contributed by atoms with van der Waals surface area (Å²) in [4.78, 5) is 4.39. The van der Waals surface area contributed by atoms with E-state index in [1.54, 1.807) is 7.11 Å². The molecule has 0 spiro atoms. The Morgan fingerprint density at radius 3 is 2.68 bits per heavy atom. The summed E-state index contributed by atoms with van der Waals surface area (Å²) in [5.41, 5.74) is 1.28. The first kappa shape index (κ1) is 18.2. The van der Waals surface area contributed by atoms with E-state index >= 15 is 0 Å². The molecule has 5 nitrogen and oxygen atoms in total. The van der Waals surface area contributed by atoms with Gasteiger partial charge in [-0.2, -0.15) is 0 Å². The lowest BCUT2D eigenvalue weighted by Gasteiger charge is -2.17. The lowest BCUT2D eigenvalue weighted by atomic mass is 10.2. The highest BCUT2D eigenvalue weighted by Gasteiger charge is 2.20. The van der Waals surface area contributed by atoms with Crippen LogP contribution in [-0.2, 0) is 4.74 Å². The summed E-state index contributed by atoms with van der Waals surface area (Å²) in [7, 11) is 1.60. The van der Waals surface area contributed by atoms with Crippen LogP contribution in [0.25, 0.3) is 0 Å². The molecule has 25 heavy (non-hydrogen) atoms. The molecule has 0 aliphatic carbocycles. The monoisotopic (exact) mass is 398 g/mol. The van der Waals surface area contributed by atoms with Crippen LogP contribution >= 0.6 is 35.4 Å². The topological polar surface area (TPSA) is 52.6 Å². The average Bonchev–Trinajstić information content (AvgIpc) is 3.11. The van der Waals surface area contributed by atoms with Crippen molar-refractivity contribution in [2.45, 2.75) is 12.5 Å². The van der Waals surface area contributed by atoms with Crippen LogP contribution in [0.2, 0.25) is 10.0 Å². The van der Waals surface area contributed by atoms with Crippen LogP contribution in [0.3, 0.4) is 0 Å². The van der Waals surface area contributed by atoms with Crippen LogP contribution in [-0.4, -0.2) is 36.4 Å². The number of benzene rings is 1. The maximum Gasteiger partial charge on any atom is 0.162 e. The van der Waals surface area contributed by atoms with Gasteiger partial charge in [0.2, 0.25) is 0 Å². The third-order valence-corrected chi connectivity index (χ3v) is 4.61. The maximum absolute atomic E-state index is 6.13. The second-order valence-electron chi connectivity index (χ2n) is 5.40.